The molecule has 6 nitrogen and oxygen atoms in total. The highest BCUT2D eigenvalue weighted by molar-refractivity contribution is 5.58. The van der Waals surface area contributed by atoms with E-state index in [2.05, 4.69) is 5.32 Å². The number of hydrogen-bond donors (Lipinski definition) is 1. The average molecular weight is 249 g/mol. The number of anilines is 1. The summed E-state index contributed by atoms with van der Waals surface area (Å²) in [5, 5.41) is 22.6. The van der Waals surface area contributed by atoms with Crippen LogP contribution in [0.1, 0.15) is 18.9 Å². The quantitative estimate of drug-likeness (QED) is 0.455. The van der Waals surface area contributed by atoms with E-state index in [1.54, 1.807) is 6.07 Å². The molecule has 0 aromatic heterocycles. The Bertz CT molecular complexity index is 454. The zero-order valence-electron chi connectivity index (χ0n) is 10.2. The fourth-order valence-corrected chi connectivity index (χ4v) is 1.45. The zero-order chi connectivity index (χ0) is 13.4. The molecule has 0 aliphatic heterocycles. The maximum atomic E-state index is 10.6. The second-order valence-corrected chi connectivity index (χ2v) is 3.58. The molecule has 1 aromatic carbocycles. The number of nitrogens with zero attached hydrogens (tertiary/aromatic N) is 2. The Morgan fingerprint density at radius 2 is 2.33 bits per heavy atom. The van der Waals surface area contributed by atoms with Crippen molar-refractivity contribution in [3.8, 4) is 6.07 Å². The molecule has 1 aromatic rings. The third kappa shape index (κ3) is 4.03. The summed E-state index contributed by atoms with van der Waals surface area (Å²) in [6.07, 6.45) is 0.840. The molecule has 1 rings (SSSR count). The van der Waals surface area contributed by atoms with Crippen molar-refractivity contribution < 1.29 is 9.66 Å². The van der Waals surface area contributed by atoms with E-state index in [-0.39, 0.29) is 11.3 Å². The Kier molecular flexibility index (Phi) is 5.61. The minimum absolute atomic E-state index is 0.0646. The molecule has 0 radical (unpaired) electrons. The van der Waals surface area contributed by atoms with Gasteiger partial charge in [-0.05, 0) is 25.5 Å². The fraction of sp³-hybridized carbons (Fsp3) is 0.417. The van der Waals surface area contributed by atoms with E-state index >= 15 is 0 Å². The van der Waals surface area contributed by atoms with Gasteiger partial charge < -0.3 is 10.1 Å². The summed E-state index contributed by atoms with van der Waals surface area (Å²) >= 11 is 0. The number of nitro groups is 1. The van der Waals surface area contributed by atoms with Crippen LogP contribution < -0.4 is 5.32 Å². The highest BCUT2D eigenvalue weighted by atomic mass is 16.6. The third-order valence-corrected chi connectivity index (χ3v) is 2.31. The summed E-state index contributed by atoms with van der Waals surface area (Å²) in [7, 11) is 0. The van der Waals surface area contributed by atoms with E-state index in [0.29, 0.717) is 25.4 Å². The topological polar surface area (TPSA) is 88.2 Å². The lowest BCUT2D eigenvalue weighted by Gasteiger charge is -2.06. The van der Waals surface area contributed by atoms with E-state index in [1.807, 2.05) is 13.0 Å². The minimum atomic E-state index is -0.558. The molecule has 6 heteroatoms. The van der Waals surface area contributed by atoms with E-state index in [9.17, 15) is 10.1 Å². The number of nitrogens with one attached hydrogen (secondary N) is 1. The highest BCUT2D eigenvalue weighted by Crippen LogP contribution is 2.21. The maximum absolute atomic E-state index is 10.6. The van der Waals surface area contributed by atoms with Crippen molar-refractivity contribution in [2.75, 3.05) is 25.1 Å². The van der Waals surface area contributed by atoms with Crippen LogP contribution in [0.5, 0.6) is 0 Å². The molecule has 0 fully saturated rings. The minimum Gasteiger partial charge on any atom is -0.385 e. The van der Waals surface area contributed by atoms with Crippen molar-refractivity contribution >= 4 is 11.4 Å². The monoisotopic (exact) mass is 249 g/mol. The van der Waals surface area contributed by atoms with Gasteiger partial charge >= 0.3 is 0 Å². The normalized spacial score (nSPS) is 9.78. The van der Waals surface area contributed by atoms with Crippen LogP contribution in [0.25, 0.3) is 0 Å². The average Bonchev–Trinajstić information content (AvgIpc) is 2.38. The van der Waals surface area contributed by atoms with E-state index in [4.69, 9.17) is 10.00 Å². The summed E-state index contributed by atoms with van der Waals surface area (Å²) in [5.74, 6) is 0. The third-order valence-electron chi connectivity index (χ3n) is 2.31. The molecule has 0 amide bonds. The van der Waals surface area contributed by atoms with Gasteiger partial charge in [-0.3, -0.25) is 10.1 Å². The van der Waals surface area contributed by atoms with E-state index in [0.717, 1.165) is 6.42 Å². The van der Waals surface area contributed by atoms with Crippen LogP contribution in [0.4, 0.5) is 11.4 Å². The van der Waals surface area contributed by atoms with Gasteiger partial charge in [-0.15, -0.1) is 0 Å². The SMILES string of the molecule is CCOCCCNc1ccc([N+](=O)[O-])c(C#N)c1. The van der Waals surface area contributed by atoms with Gasteiger partial charge in [0.15, 0.2) is 0 Å². The van der Waals surface area contributed by atoms with Crippen LogP contribution in [-0.4, -0.2) is 24.7 Å². The summed E-state index contributed by atoms with van der Waals surface area (Å²) in [5.41, 5.74) is 0.598. The number of nitro benzene ring substituents is 1. The number of hydrogen-bond acceptors (Lipinski definition) is 5. The predicted molar refractivity (Wildman–Crippen MR) is 67.4 cm³/mol. The zero-order valence-corrected chi connectivity index (χ0v) is 10.2. The smallest absolute Gasteiger partial charge is 0.287 e. The largest absolute Gasteiger partial charge is 0.385 e. The van der Waals surface area contributed by atoms with Crippen LogP contribution >= 0.6 is 0 Å². The predicted octanol–water partition coefficient (Wildman–Crippen LogP) is 2.30. The Hall–Kier alpha value is -2.13. The van der Waals surface area contributed by atoms with Gasteiger partial charge in [0.1, 0.15) is 11.6 Å². The molecule has 0 bridgehead atoms. The second-order valence-electron chi connectivity index (χ2n) is 3.58. The summed E-state index contributed by atoms with van der Waals surface area (Å²) in [4.78, 5) is 10.1. The molecule has 18 heavy (non-hydrogen) atoms. The number of benzene rings is 1. The fourth-order valence-electron chi connectivity index (χ4n) is 1.45. The lowest BCUT2D eigenvalue weighted by molar-refractivity contribution is -0.385. The first-order chi connectivity index (χ1) is 8.69. The lowest BCUT2D eigenvalue weighted by atomic mass is 10.1. The van der Waals surface area contributed by atoms with Crippen molar-refractivity contribution in [3.05, 3.63) is 33.9 Å². The van der Waals surface area contributed by atoms with Gasteiger partial charge in [-0.1, -0.05) is 0 Å². The van der Waals surface area contributed by atoms with E-state index in [1.165, 1.54) is 12.1 Å². The molecular weight excluding hydrogens is 234 g/mol. The van der Waals surface area contributed by atoms with Crippen LogP contribution in [0, 0.1) is 21.4 Å². The molecule has 0 spiro atoms. The van der Waals surface area contributed by atoms with Gasteiger partial charge in [-0.25, -0.2) is 0 Å². The molecule has 96 valence electrons. The molecule has 0 unspecified atom stereocenters. The molecule has 1 N–H and O–H groups in total. The Morgan fingerprint density at radius 1 is 1.56 bits per heavy atom. The van der Waals surface area contributed by atoms with Gasteiger partial charge in [0.2, 0.25) is 0 Å². The van der Waals surface area contributed by atoms with Crippen LogP contribution in [0.3, 0.4) is 0 Å². The van der Waals surface area contributed by atoms with Crippen molar-refractivity contribution in [1.29, 1.82) is 5.26 Å². The number of rotatable bonds is 7. The first kappa shape index (κ1) is 13.9. The van der Waals surface area contributed by atoms with Gasteiger partial charge in [-0.2, -0.15) is 5.26 Å². The van der Waals surface area contributed by atoms with Crippen LogP contribution in [0.15, 0.2) is 18.2 Å². The molecule has 0 saturated heterocycles. The Morgan fingerprint density at radius 3 is 2.94 bits per heavy atom. The van der Waals surface area contributed by atoms with Crippen molar-refractivity contribution in [2.24, 2.45) is 0 Å². The van der Waals surface area contributed by atoms with Gasteiger partial charge in [0.05, 0.1) is 4.92 Å². The van der Waals surface area contributed by atoms with Gasteiger partial charge in [0, 0.05) is 31.5 Å². The van der Waals surface area contributed by atoms with Crippen LogP contribution in [-0.2, 0) is 4.74 Å². The van der Waals surface area contributed by atoms with Crippen molar-refractivity contribution in [2.45, 2.75) is 13.3 Å². The lowest BCUT2D eigenvalue weighted by Crippen LogP contribution is -2.06. The molecule has 0 atom stereocenters. The van der Waals surface area contributed by atoms with Crippen molar-refractivity contribution in [1.82, 2.24) is 0 Å². The van der Waals surface area contributed by atoms with Crippen molar-refractivity contribution in [3.63, 3.8) is 0 Å². The Balaban J connectivity index is 2.58. The maximum Gasteiger partial charge on any atom is 0.287 e. The standard InChI is InChI=1S/C12H15N3O3/c1-2-18-7-3-6-14-11-4-5-12(15(16)17)10(8-11)9-13/h4-5,8,14H,2-3,6-7H2,1H3. The number of ether oxygens (including phenoxy) is 1. The highest BCUT2D eigenvalue weighted by Gasteiger charge is 2.13. The molecular formula is C12H15N3O3. The second kappa shape index (κ2) is 7.25. The molecule has 0 saturated carbocycles. The first-order valence-electron chi connectivity index (χ1n) is 5.69. The molecule has 0 heterocycles. The van der Waals surface area contributed by atoms with Gasteiger partial charge in [0.25, 0.3) is 5.69 Å². The summed E-state index contributed by atoms with van der Waals surface area (Å²) in [6.45, 7) is 3.99. The molecule has 0 aliphatic rings. The van der Waals surface area contributed by atoms with E-state index < -0.39 is 4.92 Å². The summed E-state index contributed by atoms with van der Waals surface area (Å²) < 4.78 is 5.19. The molecule has 0 aliphatic carbocycles. The summed E-state index contributed by atoms with van der Waals surface area (Å²) in [6, 6.07) is 6.24. The van der Waals surface area contributed by atoms with Crippen LogP contribution in [0.2, 0.25) is 0 Å². The first-order valence-corrected chi connectivity index (χ1v) is 5.69. The number of nitriles is 1. The Labute approximate surface area is 105 Å².